The van der Waals surface area contributed by atoms with Crippen molar-refractivity contribution in [2.75, 3.05) is 13.3 Å². The highest BCUT2D eigenvalue weighted by atomic mass is 16.7. The molecule has 0 fully saturated rings. The summed E-state index contributed by atoms with van der Waals surface area (Å²) in [6.07, 6.45) is 1.49. The zero-order valence-electron chi connectivity index (χ0n) is 16.1. The van der Waals surface area contributed by atoms with Crippen molar-refractivity contribution in [2.45, 2.75) is 26.2 Å². The number of fused-ring (bicyclic) bond motifs is 1. The lowest BCUT2D eigenvalue weighted by Crippen LogP contribution is -2.34. The van der Waals surface area contributed by atoms with Gasteiger partial charge in [0.2, 0.25) is 6.79 Å². The minimum Gasteiger partial charge on any atom is -0.454 e. The molecule has 3 rings (SSSR count). The Hall–Kier alpha value is -3.35. The second-order valence-corrected chi connectivity index (χ2v) is 7.42. The van der Waals surface area contributed by atoms with E-state index in [4.69, 9.17) is 9.47 Å². The molecule has 0 aromatic heterocycles. The highest BCUT2D eigenvalue weighted by Gasteiger charge is 2.15. The molecule has 28 heavy (non-hydrogen) atoms. The van der Waals surface area contributed by atoms with Crippen LogP contribution in [0.15, 0.2) is 47.6 Å². The Morgan fingerprint density at radius 2 is 1.79 bits per heavy atom. The number of hydrogen-bond donors (Lipinski definition) is 2. The first-order chi connectivity index (χ1) is 13.3. The van der Waals surface area contributed by atoms with E-state index < -0.39 is 5.91 Å². The van der Waals surface area contributed by atoms with Gasteiger partial charge in [-0.1, -0.05) is 32.9 Å². The van der Waals surface area contributed by atoms with Gasteiger partial charge in [0.05, 0.1) is 12.8 Å². The van der Waals surface area contributed by atoms with Gasteiger partial charge in [0.15, 0.2) is 11.5 Å². The maximum atomic E-state index is 12.2. The number of ether oxygens (including phenoxy) is 2. The fourth-order valence-electron chi connectivity index (χ4n) is 2.60. The molecule has 1 heterocycles. The van der Waals surface area contributed by atoms with Crippen molar-refractivity contribution >= 4 is 18.0 Å². The van der Waals surface area contributed by atoms with E-state index >= 15 is 0 Å². The van der Waals surface area contributed by atoms with Crippen LogP contribution in [-0.2, 0) is 10.2 Å². The third kappa shape index (κ3) is 4.88. The second-order valence-electron chi connectivity index (χ2n) is 7.42. The van der Waals surface area contributed by atoms with Crippen LogP contribution in [0.5, 0.6) is 11.5 Å². The topological polar surface area (TPSA) is 89.0 Å². The number of carbonyl (C=O) groups is 2. The number of rotatable bonds is 5. The summed E-state index contributed by atoms with van der Waals surface area (Å²) in [4.78, 5) is 24.0. The van der Waals surface area contributed by atoms with Gasteiger partial charge in [0, 0.05) is 5.56 Å². The Kier molecular flexibility index (Phi) is 5.63. The largest absolute Gasteiger partial charge is 0.454 e. The summed E-state index contributed by atoms with van der Waals surface area (Å²) in [5.74, 6) is 0.589. The van der Waals surface area contributed by atoms with E-state index in [1.807, 2.05) is 12.1 Å². The van der Waals surface area contributed by atoms with Gasteiger partial charge in [-0.05, 0) is 46.9 Å². The van der Waals surface area contributed by atoms with E-state index in [2.05, 4.69) is 36.6 Å². The molecule has 2 aromatic carbocycles. The van der Waals surface area contributed by atoms with Gasteiger partial charge in [0.25, 0.3) is 11.8 Å². The summed E-state index contributed by atoms with van der Waals surface area (Å²) in [5, 5.41) is 6.46. The average molecular weight is 381 g/mol. The molecule has 0 aliphatic carbocycles. The van der Waals surface area contributed by atoms with E-state index in [1.54, 1.807) is 30.3 Å². The van der Waals surface area contributed by atoms with Crippen LogP contribution in [-0.4, -0.2) is 31.4 Å². The van der Waals surface area contributed by atoms with Crippen LogP contribution in [0, 0.1) is 0 Å². The maximum Gasteiger partial charge on any atom is 0.259 e. The quantitative estimate of drug-likeness (QED) is 0.615. The molecule has 0 radical (unpaired) electrons. The molecule has 0 saturated heterocycles. The molecule has 0 bridgehead atoms. The van der Waals surface area contributed by atoms with Crippen molar-refractivity contribution in [3.8, 4) is 11.5 Å². The minimum absolute atomic E-state index is 0.0187. The van der Waals surface area contributed by atoms with Crippen molar-refractivity contribution < 1.29 is 19.1 Å². The van der Waals surface area contributed by atoms with Crippen molar-refractivity contribution in [3.05, 3.63) is 59.2 Å². The summed E-state index contributed by atoms with van der Waals surface area (Å²) >= 11 is 0. The number of nitrogens with zero attached hydrogens (tertiary/aromatic N) is 1. The molecule has 2 aromatic rings. The molecule has 0 atom stereocenters. The summed E-state index contributed by atoms with van der Waals surface area (Å²) < 4.78 is 10.5. The molecule has 2 N–H and O–H groups in total. The van der Waals surface area contributed by atoms with Crippen molar-refractivity contribution in [1.29, 1.82) is 0 Å². The summed E-state index contributed by atoms with van der Waals surface area (Å²) in [7, 11) is 0. The lowest BCUT2D eigenvalue weighted by Gasteiger charge is -2.19. The SMILES string of the molecule is CC(C)(C)c1ccc(C(=O)NCC(=O)N/N=C\c2ccc3c(c2)OCO3)cc1. The molecule has 0 unspecified atom stereocenters. The molecule has 1 aliphatic rings. The third-order valence-electron chi connectivity index (χ3n) is 4.22. The normalized spacial score (nSPS) is 12.8. The van der Waals surface area contributed by atoms with E-state index in [1.165, 1.54) is 6.21 Å². The number of carbonyl (C=O) groups excluding carboxylic acids is 2. The zero-order valence-corrected chi connectivity index (χ0v) is 16.1. The predicted molar refractivity (Wildman–Crippen MR) is 106 cm³/mol. The van der Waals surface area contributed by atoms with E-state index in [0.717, 1.165) is 11.1 Å². The Morgan fingerprint density at radius 3 is 2.50 bits per heavy atom. The van der Waals surface area contributed by atoms with Gasteiger partial charge < -0.3 is 14.8 Å². The van der Waals surface area contributed by atoms with Gasteiger partial charge in [-0.15, -0.1) is 0 Å². The highest BCUT2D eigenvalue weighted by molar-refractivity contribution is 5.96. The number of nitrogens with one attached hydrogen (secondary N) is 2. The molecule has 7 heteroatoms. The molecule has 0 saturated carbocycles. The molecule has 0 spiro atoms. The molecule has 146 valence electrons. The van der Waals surface area contributed by atoms with Crippen molar-refractivity contribution in [3.63, 3.8) is 0 Å². The molecular weight excluding hydrogens is 358 g/mol. The van der Waals surface area contributed by atoms with Crippen LogP contribution < -0.4 is 20.2 Å². The Labute approximate surface area is 163 Å². The first kappa shape index (κ1) is 19.4. The van der Waals surface area contributed by atoms with Crippen LogP contribution in [0.3, 0.4) is 0 Å². The lowest BCUT2D eigenvalue weighted by molar-refractivity contribution is -0.120. The van der Waals surface area contributed by atoms with Gasteiger partial charge in [-0.2, -0.15) is 5.10 Å². The molecular formula is C21H23N3O4. The van der Waals surface area contributed by atoms with E-state index in [-0.39, 0.29) is 24.7 Å². The standard InChI is InChI=1S/C21H23N3O4/c1-21(2,3)16-7-5-15(6-8-16)20(26)22-12-19(25)24-23-11-14-4-9-17-18(10-14)28-13-27-17/h4-11H,12-13H2,1-3H3,(H,22,26)(H,24,25)/b23-11-. The summed E-state index contributed by atoms with van der Waals surface area (Å²) in [6, 6.07) is 12.7. The van der Waals surface area contributed by atoms with Crippen LogP contribution in [0.25, 0.3) is 0 Å². The van der Waals surface area contributed by atoms with E-state index in [0.29, 0.717) is 17.1 Å². The first-order valence-electron chi connectivity index (χ1n) is 8.93. The zero-order chi connectivity index (χ0) is 20.1. The molecule has 7 nitrogen and oxygen atoms in total. The maximum absolute atomic E-state index is 12.2. The predicted octanol–water partition coefficient (Wildman–Crippen LogP) is 2.59. The highest BCUT2D eigenvalue weighted by Crippen LogP contribution is 2.31. The number of amides is 2. The molecule has 2 amide bonds. The van der Waals surface area contributed by atoms with Crippen LogP contribution in [0.1, 0.15) is 42.3 Å². The Morgan fingerprint density at radius 1 is 1.07 bits per heavy atom. The van der Waals surface area contributed by atoms with Crippen LogP contribution in [0.4, 0.5) is 0 Å². The molecule has 1 aliphatic heterocycles. The second kappa shape index (κ2) is 8.12. The fourth-order valence-corrected chi connectivity index (χ4v) is 2.60. The summed E-state index contributed by atoms with van der Waals surface area (Å²) in [5.41, 5.74) is 4.80. The number of hydrogen-bond acceptors (Lipinski definition) is 5. The first-order valence-corrected chi connectivity index (χ1v) is 8.93. The third-order valence-corrected chi connectivity index (χ3v) is 4.22. The van der Waals surface area contributed by atoms with Crippen molar-refractivity contribution in [2.24, 2.45) is 5.10 Å². The van der Waals surface area contributed by atoms with Gasteiger partial charge in [-0.3, -0.25) is 9.59 Å². The van der Waals surface area contributed by atoms with Gasteiger partial charge in [0.1, 0.15) is 0 Å². The summed E-state index contributed by atoms with van der Waals surface area (Å²) in [6.45, 7) is 6.35. The fraction of sp³-hybridized carbons (Fsp3) is 0.286. The Bertz CT molecular complexity index is 899. The van der Waals surface area contributed by atoms with Gasteiger partial charge >= 0.3 is 0 Å². The van der Waals surface area contributed by atoms with E-state index in [9.17, 15) is 9.59 Å². The lowest BCUT2D eigenvalue weighted by atomic mass is 9.87. The van der Waals surface area contributed by atoms with Crippen molar-refractivity contribution in [1.82, 2.24) is 10.7 Å². The number of benzene rings is 2. The Balaban J connectivity index is 1.46. The smallest absolute Gasteiger partial charge is 0.259 e. The van der Waals surface area contributed by atoms with Gasteiger partial charge in [-0.25, -0.2) is 5.43 Å². The average Bonchev–Trinajstić information content (AvgIpc) is 3.13. The minimum atomic E-state index is -0.420. The number of hydrazone groups is 1. The van der Waals surface area contributed by atoms with Crippen LogP contribution >= 0.6 is 0 Å². The van der Waals surface area contributed by atoms with Crippen LogP contribution in [0.2, 0.25) is 0 Å². The monoisotopic (exact) mass is 381 g/mol.